The van der Waals surface area contributed by atoms with Crippen LogP contribution in [0.3, 0.4) is 0 Å². The lowest BCUT2D eigenvalue weighted by atomic mass is 10.0. The number of aliphatic hydroxyl groups is 1. The molecule has 6 heteroatoms. The summed E-state index contributed by atoms with van der Waals surface area (Å²) >= 11 is 0. The third kappa shape index (κ3) is 4.24. The predicted octanol–water partition coefficient (Wildman–Crippen LogP) is 1.46. The van der Waals surface area contributed by atoms with Gasteiger partial charge in [-0.15, -0.1) is 0 Å². The van der Waals surface area contributed by atoms with Crippen LogP contribution < -0.4 is 5.73 Å². The summed E-state index contributed by atoms with van der Waals surface area (Å²) in [5, 5.41) is 9.98. The Labute approximate surface area is 117 Å². The number of nitrogens with two attached hydrogens (primary N) is 1. The molecule has 1 fully saturated rings. The van der Waals surface area contributed by atoms with Crippen LogP contribution in [0.2, 0.25) is 18.1 Å². The van der Waals surface area contributed by atoms with Crippen LogP contribution in [0, 0.1) is 0 Å². The van der Waals surface area contributed by atoms with Gasteiger partial charge < -0.3 is 24.7 Å². The van der Waals surface area contributed by atoms with E-state index in [0.29, 0.717) is 13.0 Å². The number of ether oxygens (including phenoxy) is 2. The zero-order chi connectivity index (χ0) is 14.8. The molecule has 1 aliphatic heterocycles. The van der Waals surface area contributed by atoms with Crippen molar-refractivity contribution in [3.8, 4) is 0 Å². The summed E-state index contributed by atoms with van der Waals surface area (Å²) in [6, 6.07) is -0.327. The summed E-state index contributed by atoms with van der Waals surface area (Å²) in [6.45, 7) is 11.5. The van der Waals surface area contributed by atoms with E-state index in [0.717, 1.165) is 0 Å². The molecule has 0 aromatic carbocycles. The Balaban J connectivity index is 2.55. The molecule has 3 N–H and O–H groups in total. The molecule has 0 unspecified atom stereocenters. The zero-order valence-corrected chi connectivity index (χ0v) is 14.0. The Hall–Kier alpha value is 0.0169. The maximum atomic E-state index is 9.81. The fourth-order valence-electron chi connectivity index (χ4n) is 1.79. The van der Waals surface area contributed by atoms with Crippen molar-refractivity contribution in [3.63, 3.8) is 0 Å². The van der Waals surface area contributed by atoms with Crippen LogP contribution in [0.15, 0.2) is 0 Å². The lowest BCUT2D eigenvalue weighted by Gasteiger charge is -2.40. The van der Waals surface area contributed by atoms with E-state index in [1.165, 1.54) is 7.11 Å². The molecule has 5 nitrogen and oxygen atoms in total. The monoisotopic (exact) mass is 291 g/mol. The fraction of sp³-hybridized carbons (Fsp3) is 1.00. The van der Waals surface area contributed by atoms with Gasteiger partial charge in [0.1, 0.15) is 6.10 Å². The van der Waals surface area contributed by atoms with Crippen molar-refractivity contribution < 1.29 is 19.0 Å². The van der Waals surface area contributed by atoms with Crippen molar-refractivity contribution in [2.45, 2.75) is 69.9 Å². The largest absolute Gasteiger partial charge is 0.414 e. The SMILES string of the molecule is CO[C@@H]1O[C@H](CO[Si](C)(C)C(C)(C)C)C[C@H](N)[C@H]1O. The maximum Gasteiger partial charge on any atom is 0.192 e. The van der Waals surface area contributed by atoms with Crippen molar-refractivity contribution in [1.82, 2.24) is 0 Å². The lowest BCUT2D eigenvalue weighted by molar-refractivity contribution is -0.238. The average Bonchev–Trinajstić information content (AvgIpc) is 2.29. The minimum atomic E-state index is -1.78. The molecule has 0 radical (unpaired) electrons. The van der Waals surface area contributed by atoms with Gasteiger partial charge in [0.05, 0.1) is 12.7 Å². The Bertz CT molecular complexity index is 293. The van der Waals surface area contributed by atoms with Gasteiger partial charge in [-0.1, -0.05) is 20.8 Å². The molecule has 0 amide bonds. The van der Waals surface area contributed by atoms with Gasteiger partial charge in [0.2, 0.25) is 0 Å². The van der Waals surface area contributed by atoms with Crippen LogP contribution in [0.5, 0.6) is 0 Å². The van der Waals surface area contributed by atoms with E-state index < -0.39 is 20.7 Å². The molecule has 0 bridgehead atoms. The Kier molecular flexibility index (Phi) is 5.57. The molecular weight excluding hydrogens is 262 g/mol. The topological polar surface area (TPSA) is 73.9 Å². The normalized spacial score (nSPS) is 33.5. The Morgan fingerprint density at radius 2 is 1.95 bits per heavy atom. The van der Waals surface area contributed by atoms with Crippen LogP contribution in [0.1, 0.15) is 27.2 Å². The second-order valence-electron chi connectivity index (χ2n) is 6.82. The van der Waals surface area contributed by atoms with E-state index in [-0.39, 0.29) is 17.2 Å². The smallest absolute Gasteiger partial charge is 0.192 e. The molecule has 114 valence electrons. The first-order chi connectivity index (χ1) is 8.58. The molecule has 1 aliphatic rings. The van der Waals surface area contributed by atoms with Crippen LogP contribution >= 0.6 is 0 Å². The number of hydrogen-bond acceptors (Lipinski definition) is 5. The molecule has 0 saturated carbocycles. The standard InChI is InChI=1S/C13H29NO4Si/c1-13(2,3)19(5,6)17-8-9-7-10(14)11(15)12(16-4)18-9/h9-12,15H,7-8,14H2,1-6H3/t9-,10-,11+,12+/m0/s1. The van der Waals surface area contributed by atoms with Crippen LogP contribution in [0.4, 0.5) is 0 Å². The van der Waals surface area contributed by atoms with Crippen LogP contribution in [-0.2, 0) is 13.9 Å². The first-order valence-corrected chi connectivity index (χ1v) is 9.75. The van der Waals surface area contributed by atoms with Gasteiger partial charge >= 0.3 is 0 Å². The van der Waals surface area contributed by atoms with Gasteiger partial charge in [-0.2, -0.15) is 0 Å². The second kappa shape index (κ2) is 6.20. The van der Waals surface area contributed by atoms with E-state index >= 15 is 0 Å². The van der Waals surface area contributed by atoms with E-state index in [9.17, 15) is 5.11 Å². The maximum absolute atomic E-state index is 9.81. The molecule has 19 heavy (non-hydrogen) atoms. The van der Waals surface area contributed by atoms with Gasteiger partial charge in [-0.25, -0.2) is 0 Å². The van der Waals surface area contributed by atoms with Gasteiger partial charge in [0.25, 0.3) is 0 Å². The molecule has 0 aromatic rings. The third-order valence-corrected chi connectivity index (χ3v) is 8.75. The molecule has 1 rings (SSSR count). The molecule has 1 saturated heterocycles. The van der Waals surface area contributed by atoms with Gasteiger partial charge in [0.15, 0.2) is 14.6 Å². The number of methoxy groups -OCH3 is 1. The van der Waals surface area contributed by atoms with Gasteiger partial charge in [-0.3, -0.25) is 0 Å². The van der Waals surface area contributed by atoms with E-state index in [1.807, 2.05) is 0 Å². The molecule has 4 atom stereocenters. The van der Waals surface area contributed by atoms with Gasteiger partial charge in [0, 0.05) is 13.2 Å². The summed E-state index contributed by atoms with van der Waals surface area (Å²) in [4.78, 5) is 0. The first kappa shape index (κ1) is 17.1. The predicted molar refractivity (Wildman–Crippen MR) is 77.4 cm³/mol. The summed E-state index contributed by atoms with van der Waals surface area (Å²) in [5.41, 5.74) is 5.91. The number of aliphatic hydroxyl groups excluding tert-OH is 1. The zero-order valence-electron chi connectivity index (χ0n) is 13.0. The Morgan fingerprint density at radius 1 is 1.37 bits per heavy atom. The highest BCUT2D eigenvalue weighted by Crippen LogP contribution is 2.37. The molecule has 1 heterocycles. The van der Waals surface area contributed by atoms with Crippen molar-refractivity contribution in [2.24, 2.45) is 5.73 Å². The van der Waals surface area contributed by atoms with Crippen molar-refractivity contribution in [2.75, 3.05) is 13.7 Å². The summed E-state index contributed by atoms with van der Waals surface area (Å²) < 4.78 is 16.9. The van der Waals surface area contributed by atoms with E-state index in [2.05, 4.69) is 33.9 Å². The second-order valence-corrected chi connectivity index (χ2v) is 11.6. The number of hydrogen-bond donors (Lipinski definition) is 2. The summed E-state index contributed by atoms with van der Waals surface area (Å²) in [6.07, 6.45) is -0.946. The minimum absolute atomic E-state index is 0.113. The van der Waals surface area contributed by atoms with E-state index in [4.69, 9.17) is 19.6 Å². The van der Waals surface area contributed by atoms with Crippen LogP contribution in [0.25, 0.3) is 0 Å². The lowest BCUT2D eigenvalue weighted by Crippen LogP contribution is -2.54. The van der Waals surface area contributed by atoms with E-state index in [1.54, 1.807) is 0 Å². The van der Waals surface area contributed by atoms with Crippen LogP contribution in [-0.4, -0.2) is 51.7 Å². The highest BCUT2D eigenvalue weighted by molar-refractivity contribution is 6.74. The Morgan fingerprint density at radius 3 is 2.42 bits per heavy atom. The molecule has 0 aliphatic carbocycles. The van der Waals surface area contributed by atoms with Crippen molar-refractivity contribution >= 4 is 8.32 Å². The van der Waals surface area contributed by atoms with Crippen molar-refractivity contribution in [3.05, 3.63) is 0 Å². The number of rotatable bonds is 4. The average molecular weight is 291 g/mol. The van der Waals surface area contributed by atoms with Crippen molar-refractivity contribution in [1.29, 1.82) is 0 Å². The molecule has 0 spiro atoms. The summed E-state index contributed by atoms with van der Waals surface area (Å²) in [5.74, 6) is 0. The minimum Gasteiger partial charge on any atom is -0.414 e. The highest BCUT2D eigenvalue weighted by atomic mass is 28.4. The highest BCUT2D eigenvalue weighted by Gasteiger charge is 2.40. The quantitative estimate of drug-likeness (QED) is 0.767. The molecule has 0 aromatic heterocycles. The third-order valence-electron chi connectivity index (χ3n) is 4.25. The van der Waals surface area contributed by atoms with Gasteiger partial charge in [-0.05, 0) is 24.6 Å². The first-order valence-electron chi connectivity index (χ1n) is 6.84. The summed E-state index contributed by atoms with van der Waals surface area (Å²) in [7, 11) is -0.273. The fourth-order valence-corrected chi connectivity index (χ4v) is 2.83. The molecular formula is C13H29NO4Si.